The zero-order chi connectivity index (χ0) is 16.2. The van der Waals surface area contributed by atoms with E-state index in [-0.39, 0.29) is 15.4 Å². The van der Waals surface area contributed by atoms with Crippen molar-refractivity contribution in [3.63, 3.8) is 0 Å². The van der Waals surface area contributed by atoms with E-state index in [4.69, 9.17) is 10.5 Å². The van der Waals surface area contributed by atoms with Gasteiger partial charge in [-0.2, -0.15) is 10.5 Å². The van der Waals surface area contributed by atoms with Crippen LogP contribution in [-0.2, 0) is 9.84 Å². The Hall–Kier alpha value is -2.89. The number of sulfone groups is 1. The third kappa shape index (κ3) is 3.06. The number of hydrogen-bond acceptors (Lipinski definition) is 4. The summed E-state index contributed by atoms with van der Waals surface area (Å²) in [5.41, 5.74) is 1.14. The van der Waals surface area contributed by atoms with E-state index in [0.717, 1.165) is 5.56 Å². The Balaban J connectivity index is 2.63. The summed E-state index contributed by atoms with van der Waals surface area (Å²) in [5, 5.41) is 17.7. The van der Waals surface area contributed by atoms with Crippen LogP contribution in [0.5, 0.6) is 0 Å². The Morgan fingerprint density at radius 1 is 1.00 bits per heavy atom. The lowest BCUT2D eigenvalue weighted by Gasteiger charge is -2.08. The zero-order valence-corrected chi connectivity index (χ0v) is 12.6. The molecule has 2 rings (SSSR count). The SMILES string of the molecule is Cc1ccc(S(=O)(=O)c2ccccc2C=C(C#N)C#N)cc1. The fraction of sp³-hybridized carbons (Fsp3) is 0.0588. The van der Waals surface area contributed by atoms with Crippen LogP contribution in [0.4, 0.5) is 0 Å². The molecule has 2 aromatic rings. The molecule has 0 bridgehead atoms. The largest absolute Gasteiger partial charge is 0.218 e. The first-order valence-corrected chi connectivity index (χ1v) is 7.90. The van der Waals surface area contributed by atoms with Crippen LogP contribution in [0.2, 0.25) is 0 Å². The van der Waals surface area contributed by atoms with Gasteiger partial charge in [0.15, 0.2) is 0 Å². The molecule has 0 saturated carbocycles. The van der Waals surface area contributed by atoms with E-state index in [1.54, 1.807) is 54.6 Å². The molecular weight excluding hydrogens is 296 g/mol. The number of rotatable bonds is 3. The van der Waals surface area contributed by atoms with Gasteiger partial charge in [-0.15, -0.1) is 0 Å². The highest BCUT2D eigenvalue weighted by Gasteiger charge is 2.20. The predicted octanol–water partition coefficient (Wildman–Crippen LogP) is 3.26. The molecule has 22 heavy (non-hydrogen) atoms. The summed E-state index contributed by atoms with van der Waals surface area (Å²) in [4.78, 5) is 0.247. The number of hydrogen-bond donors (Lipinski definition) is 0. The number of aryl methyl sites for hydroxylation is 1. The van der Waals surface area contributed by atoms with Crippen molar-refractivity contribution >= 4 is 15.9 Å². The average Bonchev–Trinajstić information content (AvgIpc) is 2.53. The molecule has 0 unspecified atom stereocenters. The average molecular weight is 308 g/mol. The minimum atomic E-state index is -3.71. The second-order valence-corrected chi connectivity index (χ2v) is 6.55. The smallest absolute Gasteiger partial charge is 0.207 e. The van der Waals surface area contributed by atoms with Crippen LogP contribution in [-0.4, -0.2) is 8.42 Å². The van der Waals surface area contributed by atoms with E-state index in [1.807, 2.05) is 6.92 Å². The second kappa shape index (κ2) is 6.26. The van der Waals surface area contributed by atoms with Gasteiger partial charge in [0.1, 0.15) is 17.7 Å². The van der Waals surface area contributed by atoms with Crippen molar-refractivity contribution < 1.29 is 8.42 Å². The van der Waals surface area contributed by atoms with Gasteiger partial charge in [-0.3, -0.25) is 0 Å². The number of allylic oxidation sites excluding steroid dienone is 1. The highest BCUT2D eigenvalue weighted by atomic mass is 32.2. The van der Waals surface area contributed by atoms with Gasteiger partial charge in [0.05, 0.1) is 9.79 Å². The maximum Gasteiger partial charge on any atom is 0.207 e. The van der Waals surface area contributed by atoms with Crippen LogP contribution >= 0.6 is 0 Å². The van der Waals surface area contributed by atoms with Gasteiger partial charge in [-0.05, 0) is 36.8 Å². The number of benzene rings is 2. The summed E-state index contributed by atoms with van der Waals surface area (Å²) in [6, 6.07) is 16.3. The lowest BCUT2D eigenvalue weighted by molar-refractivity contribution is 0.596. The first kappa shape index (κ1) is 15.5. The van der Waals surface area contributed by atoms with E-state index >= 15 is 0 Å². The minimum absolute atomic E-state index is 0.0712. The Bertz CT molecular complexity index is 896. The van der Waals surface area contributed by atoms with Gasteiger partial charge < -0.3 is 0 Å². The Labute approximate surface area is 129 Å². The highest BCUT2D eigenvalue weighted by Crippen LogP contribution is 2.25. The molecule has 0 radical (unpaired) electrons. The predicted molar refractivity (Wildman–Crippen MR) is 82.3 cm³/mol. The molecule has 0 N–H and O–H groups in total. The van der Waals surface area contributed by atoms with E-state index in [1.165, 1.54) is 12.1 Å². The van der Waals surface area contributed by atoms with Gasteiger partial charge in [-0.25, -0.2) is 8.42 Å². The van der Waals surface area contributed by atoms with Crippen LogP contribution in [0.15, 0.2) is 63.9 Å². The van der Waals surface area contributed by atoms with E-state index in [2.05, 4.69) is 0 Å². The Morgan fingerprint density at radius 2 is 1.59 bits per heavy atom. The normalized spacial score (nSPS) is 10.3. The fourth-order valence-electron chi connectivity index (χ4n) is 1.93. The lowest BCUT2D eigenvalue weighted by Crippen LogP contribution is -2.04. The highest BCUT2D eigenvalue weighted by molar-refractivity contribution is 7.91. The Morgan fingerprint density at radius 3 is 2.18 bits per heavy atom. The molecule has 0 atom stereocenters. The molecule has 0 spiro atoms. The van der Waals surface area contributed by atoms with Crippen molar-refractivity contribution in [2.75, 3.05) is 0 Å². The van der Waals surface area contributed by atoms with Gasteiger partial charge in [0.25, 0.3) is 0 Å². The van der Waals surface area contributed by atoms with Crippen molar-refractivity contribution in [1.29, 1.82) is 10.5 Å². The topological polar surface area (TPSA) is 81.7 Å². The number of nitriles is 2. The molecule has 0 amide bonds. The summed E-state index contributed by atoms with van der Waals surface area (Å²) >= 11 is 0. The summed E-state index contributed by atoms with van der Waals surface area (Å²) in [6.45, 7) is 1.87. The minimum Gasteiger partial charge on any atom is -0.218 e. The first-order valence-electron chi connectivity index (χ1n) is 6.41. The van der Waals surface area contributed by atoms with E-state index < -0.39 is 9.84 Å². The molecular formula is C17H12N2O2S. The fourth-order valence-corrected chi connectivity index (χ4v) is 3.38. The standard InChI is InChI=1S/C17H12N2O2S/c1-13-6-8-16(9-7-13)22(20,21)17-5-3-2-4-15(17)10-14(11-18)12-19/h2-10H,1H3. The van der Waals surface area contributed by atoms with Crippen molar-refractivity contribution in [1.82, 2.24) is 0 Å². The molecule has 0 fully saturated rings. The van der Waals surface area contributed by atoms with Crippen LogP contribution in [0.3, 0.4) is 0 Å². The molecule has 108 valence electrons. The summed E-state index contributed by atoms with van der Waals surface area (Å²) < 4.78 is 25.5. The van der Waals surface area contributed by atoms with Crippen LogP contribution in [0, 0.1) is 29.6 Å². The molecule has 2 aromatic carbocycles. The van der Waals surface area contributed by atoms with Crippen molar-refractivity contribution in [2.45, 2.75) is 16.7 Å². The molecule has 0 aliphatic carbocycles. The summed E-state index contributed by atoms with van der Waals surface area (Å²) in [6.07, 6.45) is 1.28. The molecule has 5 heteroatoms. The molecule has 0 heterocycles. The molecule has 0 saturated heterocycles. The zero-order valence-electron chi connectivity index (χ0n) is 11.8. The van der Waals surface area contributed by atoms with Gasteiger partial charge in [0.2, 0.25) is 9.84 Å². The monoisotopic (exact) mass is 308 g/mol. The Kier molecular flexibility index (Phi) is 4.41. The maximum atomic E-state index is 12.7. The van der Waals surface area contributed by atoms with Gasteiger partial charge in [0, 0.05) is 0 Å². The van der Waals surface area contributed by atoms with Crippen molar-refractivity contribution in [2.24, 2.45) is 0 Å². The van der Waals surface area contributed by atoms with Crippen molar-refractivity contribution in [3.8, 4) is 12.1 Å². The first-order chi connectivity index (χ1) is 10.5. The quantitative estimate of drug-likeness (QED) is 0.815. The van der Waals surface area contributed by atoms with Crippen LogP contribution in [0.25, 0.3) is 6.08 Å². The molecule has 0 aliphatic heterocycles. The van der Waals surface area contributed by atoms with E-state index in [9.17, 15) is 8.42 Å². The molecule has 0 aliphatic rings. The third-order valence-corrected chi connectivity index (χ3v) is 4.92. The van der Waals surface area contributed by atoms with E-state index in [0.29, 0.717) is 5.56 Å². The second-order valence-electron chi connectivity index (χ2n) is 4.64. The van der Waals surface area contributed by atoms with Gasteiger partial charge in [-0.1, -0.05) is 35.9 Å². The molecule has 4 nitrogen and oxygen atoms in total. The van der Waals surface area contributed by atoms with Gasteiger partial charge >= 0.3 is 0 Å². The third-order valence-electron chi connectivity index (χ3n) is 3.08. The lowest BCUT2D eigenvalue weighted by atomic mass is 10.1. The summed E-state index contributed by atoms with van der Waals surface area (Å²) in [5.74, 6) is 0. The number of nitrogens with zero attached hydrogens (tertiary/aromatic N) is 2. The van der Waals surface area contributed by atoms with Crippen LogP contribution in [0.1, 0.15) is 11.1 Å². The summed E-state index contributed by atoms with van der Waals surface area (Å²) in [7, 11) is -3.71. The van der Waals surface area contributed by atoms with Crippen molar-refractivity contribution in [3.05, 3.63) is 65.2 Å². The molecule has 0 aromatic heterocycles. The van der Waals surface area contributed by atoms with Crippen LogP contribution < -0.4 is 0 Å². The maximum absolute atomic E-state index is 12.7.